The van der Waals surface area contributed by atoms with E-state index in [1.54, 1.807) is 4.57 Å². The van der Waals surface area contributed by atoms with Crippen molar-refractivity contribution in [3.63, 3.8) is 0 Å². The van der Waals surface area contributed by atoms with Gasteiger partial charge < -0.3 is 4.90 Å². The van der Waals surface area contributed by atoms with E-state index in [1.165, 1.54) is 0 Å². The summed E-state index contributed by atoms with van der Waals surface area (Å²) >= 11 is 0. The highest BCUT2D eigenvalue weighted by Crippen LogP contribution is 2.29. The van der Waals surface area contributed by atoms with Crippen molar-refractivity contribution in [3.8, 4) is 5.69 Å². The van der Waals surface area contributed by atoms with Crippen LogP contribution in [0.4, 0.5) is 5.82 Å². The molecule has 1 fully saturated rings. The van der Waals surface area contributed by atoms with E-state index in [0.29, 0.717) is 0 Å². The summed E-state index contributed by atoms with van der Waals surface area (Å²) < 4.78 is 1.69. The van der Waals surface area contributed by atoms with E-state index in [2.05, 4.69) is 25.3 Å². The van der Waals surface area contributed by atoms with Crippen LogP contribution in [0.25, 0.3) is 5.69 Å². The number of para-hydroxylation sites is 1. The molecule has 3 aromatic rings. The smallest absolute Gasteiger partial charge is 0.347 e. The van der Waals surface area contributed by atoms with Gasteiger partial charge in [-0.15, -0.1) is 5.10 Å². The predicted molar refractivity (Wildman–Crippen MR) is 95.1 cm³/mol. The summed E-state index contributed by atoms with van der Waals surface area (Å²) in [7, 11) is 0. The molecule has 0 atom stereocenters. The number of nitrogens with zero attached hydrogens (tertiary/aromatic N) is 5. The summed E-state index contributed by atoms with van der Waals surface area (Å²) in [6, 6.07) is 13.6. The fourth-order valence-corrected chi connectivity index (χ4v) is 3.34. The largest absolute Gasteiger partial charge is 0.355 e. The molecule has 0 spiro atoms. The quantitative estimate of drug-likeness (QED) is 0.792. The van der Waals surface area contributed by atoms with Crippen molar-refractivity contribution in [2.45, 2.75) is 25.7 Å². The molecule has 7 heteroatoms. The molecule has 2 aromatic heterocycles. The summed E-state index contributed by atoms with van der Waals surface area (Å²) in [5.41, 5.74) is 1.58. The molecule has 0 aliphatic carbocycles. The normalized spacial score (nSPS) is 15.5. The fourth-order valence-electron chi connectivity index (χ4n) is 3.34. The number of hydrogen-bond donors (Lipinski definition) is 1. The zero-order valence-corrected chi connectivity index (χ0v) is 14.1. The fraction of sp³-hybridized carbons (Fsp3) is 0.333. The van der Waals surface area contributed by atoms with Gasteiger partial charge in [-0.2, -0.15) is 10.2 Å². The number of nitrogens with one attached hydrogen (secondary N) is 1. The lowest BCUT2D eigenvalue weighted by molar-refractivity contribution is 0.476. The third kappa shape index (κ3) is 3.05. The minimum atomic E-state index is -0.187. The molecule has 1 aliphatic rings. The van der Waals surface area contributed by atoms with Gasteiger partial charge in [0.1, 0.15) is 5.82 Å². The van der Waals surface area contributed by atoms with Crippen LogP contribution >= 0.6 is 0 Å². The molecule has 25 heavy (non-hydrogen) atoms. The van der Waals surface area contributed by atoms with Gasteiger partial charge in [0.2, 0.25) is 0 Å². The molecule has 0 amide bonds. The topological polar surface area (TPSA) is 79.7 Å². The van der Waals surface area contributed by atoms with Gasteiger partial charge in [0.05, 0.1) is 11.4 Å². The number of rotatable bonds is 3. The van der Waals surface area contributed by atoms with Crippen LogP contribution in [0.5, 0.6) is 0 Å². The number of benzene rings is 1. The first-order valence-corrected chi connectivity index (χ1v) is 8.50. The zero-order valence-electron chi connectivity index (χ0n) is 14.1. The van der Waals surface area contributed by atoms with Crippen LogP contribution in [-0.4, -0.2) is 38.1 Å². The monoisotopic (exact) mass is 336 g/mol. The van der Waals surface area contributed by atoms with Gasteiger partial charge in [-0.3, -0.25) is 0 Å². The van der Waals surface area contributed by atoms with Gasteiger partial charge in [-0.25, -0.2) is 14.5 Å². The van der Waals surface area contributed by atoms with Crippen LogP contribution in [0.2, 0.25) is 0 Å². The van der Waals surface area contributed by atoms with E-state index in [4.69, 9.17) is 0 Å². The van der Waals surface area contributed by atoms with Gasteiger partial charge in [-0.05, 0) is 44.0 Å². The second-order valence-corrected chi connectivity index (χ2v) is 6.35. The van der Waals surface area contributed by atoms with Crippen molar-refractivity contribution in [2.75, 3.05) is 18.0 Å². The van der Waals surface area contributed by atoms with Gasteiger partial charge in [0.25, 0.3) is 0 Å². The predicted octanol–water partition coefficient (Wildman–Crippen LogP) is 2.04. The van der Waals surface area contributed by atoms with E-state index in [1.807, 2.05) is 49.4 Å². The van der Waals surface area contributed by atoms with Crippen LogP contribution in [0, 0.1) is 6.92 Å². The van der Waals surface area contributed by atoms with Crippen molar-refractivity contribution in [2.24, 2.45) is 0 Å². The van der Waals surface area contributed by atoms with Crippen LogP contribution in [0.15, 0.2) is 47.3 Å². The summed E-state index contributed by atoms with van der Waals surface area (Å²) in [5.74, 6) is 1.96. The van der Waals surface area contributed by atoms with Crippen molar-refractivity contribution in [3.05, 3.63) is 64.5 Å². The van der Waals surface area contributed by atoms with Gasteiger partial charge >= 0.3 is 5.69 Å². The molecule has 7 nitrogen and oxygen atoms in total. The number of hydrogen-bond acceptors (Lipinski definition) is 5. The Morgan fingerprint density at radius 1 is 1.04 bits per heavy atom. The Kier molecular flexibility index (Phi) is 4.05. The molecule has 0 unspecified atom stereocenters. The molecule has 0 bridgehead atoms. The Labute approximate surface area is 145 Å². The lowest BCUT2D eigenvalue weighted by Gasteiger charge is -2.32. The Hall–Kier alpha value is -2.96. The van der Waals surface area contributed by atoms with Crippen LogP contribution < -0.4 is 10.6 Å². The first-order valence-electron chi connectivity index (χ1n) is 8.50. The molecule has 1 aromatic carbocycles. The molecule has 128 valence electrons. The van der Waals surface area contributed by atoms with Crippen LogP contribution in [-0.2, 0) is 0 Å². The van der Waals surface area contributed by atoms with Crippen molar-refractivity contribution in [1.82, 2.24) is 25.0 Å². The molecule has 0 radical (unpaired) electrons. The average Bonchev–Trinajstić information content (AvgIpc) is 3.05. The Morgan fingerprint density at radius 2 is 1.80 bits per heavy atom. The minimum Gasteiger partial charge on any atom is -0.355 e. The number of aromatic nitrogens is 5. The molecule has 0 saturated carbocycles. The zero-order chi connectivity index (χ0) is 17.2. The maximum atomic E-state index is 12.2. The number of aryl methyl sites for hydroxylation is 1. The molecule has 4 rings (SSSR count). The molecule has 1 aliphatic heterocycles. The third-order valence-electron chi connectivity index (χ3n) is 4.68. The number of aromatic amines is 1. The second-order valence-electron chi connectivity index (χ2n) is 6.35. The van der Waals surface area contributed by atoms with Crippen molar-refractivity contribution < 1.29 is 0 Å². The van der Waals surface area contributed by atoms with E-state index in [-0.39, 0.29) is 11.6 Å². The maximum absolute atomic E-state index is 12.2. The first kappa shape index (κ1) is 15.6. The van der Waals surface area contributed by atoms with Crippen LogP contribution in [0.3, 0.4) is 0 Å². The highest BCUT2D eigenvalue weighted by molar-refractivity contribution is 5.38. The summed E-state index contributed by atoms with van der Waals surface area (Å²) in [6.45, 7) is 3.68. The molecule has 3 heterocycles. The summed E-state index contributed by atoms with van der Waals surface area (Å²) in [6.07, 6.45) is 1.85. The van der Waals surface area contributed by atoms with Gasteiger partial charge in [0, 0.05) is 19.0 Å². The third-order valence-corrected chi connectivity index (χ3v) is 4.68. The Bertz CT molecular complexity index is 891. The lowest BCUT2D eigenvalue weighted by atomic mass is 9.95. The van der Waals surface area contributed by atoms with Crippen LogP contribution in [0.1, 0.15) is 30.3 Å². The molecule has 1 saturated heterocycles. The second kappa shape index (κ2) is 6.51. The van der Waals surface area contributed by atoms with E-state index < -0.39 is 0 Å². The Morgan fingerprint density at radius 3 is 2.48 bits per heavy atom. The SMILES string of the molecule is Cc1ccc(N2CCC(c3n[nH]c(=O)n3-c3ccccc3)CC2)nn1. The first-order chi connectivity index (χ1) is 12.2. The van der Waals surface area contributed by atoms with E-state index in [9.17, 15) is 4.79 Å². The van der Waals surface area contributed by atoms with E-state index >= 15 is 0 Å². The number of piperidine rings is 1. The number of anilines is 1. The summed E-state index contributed by atoms with van der Waals surface area (Å²) in [4.78, 5) is 14.5. The highest BCUT2D eigenvalue weighted by atomic mass is 16.1. The Balaban J connectivity index is 1.54. The minimum absolute atomic E-state index is 0.187. The highest BCUT2D eigenvalue weighted by Gasteiger charge is 2.26. The lowest BCUT2D eigenvalue weighted by Crippen LogP contribution is -2.34. The van der Waals surface area contributed by atoms with Crippen molar-refractivity contribution >= 4 is 5.82 Å². The summed E-state index contributed by atoms with van der Waals surface area (Å²) in [5, 5.41) is 15.3. The average molecular weight is 336 g/mol. The molecular weight excluding hydrogens is 316 g/mol. The molecule has 1 N–H and O–H groups in total. The number of H-pyrrole nitrogens is 1. The maximum Gasteiger partial charge on any atom is 0.347 e. The van der Waals surface area contributed by atoms with Gasteiger partial charge in [0.15, 0.2) is 5.82 Å². The van der Waals surface area contributed by atoms with Gasteiger partial charge in [-0.1, -0.05) is 18.2 Å². The van der Waals surface area contributed by atoms with E-state index in [0.717, 1.165) is 49.0 Å². The standard InChI is InChI=1S/C18H20N6O/c1-13-7-8-16(20-19-13)23-11-9-14(10-12-23)17-21-22-18(25)24(17)15-5-3-2-4-6-15/h2-8,14H,9-12H2,1H3,(H,22,25). The molecular formula is C18H20N6O. The van der Waals surface area contributed by atoms with Crippen molar-refractivity contribution in [1.29, 1.82) is 0 Å².